The van der Waals surface area contributed by atoms with Gasteiger partial charge in [-0.3, -0.25) is 9.97 Å². The second kappa shape index (κ2) is 6.51. The fourth-order valence-corrected chi connectivity index (χ4v) is 2.98. The smallest absolute Gasteiger partial charge is 0.408 e. The van der Waals surface area contributed by atoms with E-state index in [4.69, 9.17) is 4.74 Å². The zero-order chi connectivity index (χ0) is 18.1. The average molecular weight is 353 g/mol. The highest BCUT2D eigenvalue weighted by atomic mass is 19.1. The number of alkyl carbamates (subject to hydrolysis) is 1. The number of benzene rings is 1. The second-order valence-electron chi connectivity index (χ2n) is 5.87. The van der Waals surface area contributed by atoms with Crippen LogP contribution in [-0.4, -0.2) is 16.1 Å². The lowest BCUT2D eigenvalue weighted by Crippen LogP contribution is -2.20. The van der Waals surface area contributed by atoms with E-state index in [9.17, 15) is 13.6 Å². The van der Waals surface area contributed by atoms with Gasteiger partial charge in [-0.1, -0.05) is 6.07 Å². The Hall–Kier alpha value is -3.35. The second-order valence-corrected chi connectivity index (χ2v) is 5.87. The highest BCUT2D eigenvalue weighted by Crippen LogP contribution is 2.37. The molecule has 1 N–H and O–H groups in total. The van der Waals surface area contributed by atoms with Gasteiger partial charge < -0.3 is 10.1 Å². The lowest BCUT2D eigenvalue weighted by atomic mass is 9.96. The molecule has 2 atom stereocenters. The van der Waals surface area contributed by atoms with E-state index < -0.39 is 29.9 Å². The number of halogens is 2. The Kier molecular flexibility index (Phi) is 4.04. The van der Waals surface area contributed by atoms with Crippen molar-refractivity contribution in [2.45, 2.75) is 12.1 Å². The van der Waals surface area contributed by atoms with Crippen LogP contribution in [0.4, 0.5) is 13.6 Å². The molecule has 130 valence electrons. The summed E-state index contributed by atoms with van der Waals surface area (Å²) < 4.78 is 32.4. The van der Waals surface area contributed by atoms with Gasteiger partial charge >= 0.3 is 6.09 Å². The van der Waals surface area contributed by atoms with Crippen molar-refractivity contribution in [3.63, 3.8) is 0 Å². The molecule has 3 aromatic rings. The molecule has 26 heavy (non-hydrogen) atoms. The molecular formula is C19H13F2N3O2. The predicted molar refractivity (Wildman–Crippen MR) is 88.9 cm³/mol. The molecule has 1 saturated heterocycles. The van der Waals surface area contributed by atoms with Crippen LogP contribution in [0.25, 0.3) is 11.3 Å². The van der Waals surface area contributed by atoms with Crippen molar-refractivity contribution < 1.29 is 18.3 Å². The summed E-state index contributed by atoms with van der Waals surface area (Å²) in [7, 11) is 0. The van der Waals surface area contributed by atoms with Crippen LogP contribution in [0.3, 0.4) is 0 Å². The van der Waals surface area contributed by atoms with Crippen molar-refractivity contribution in [3.8, 4) is 11.3 Å². The summed E-state index contributed by atoms with van der Waals surface area (Å²) in [6, 6.07) is 9.76. The number of hydrogen-bond acceptors (Lipinski definition) is 4. The highest BCUT2D eigenvalue weighted by molar-refractivity contribution is 5.71. The fourth-order valence-electron chi connectivity index (χ4n) is 2.98. The number of carbonyl (C=O) groups excluding carboxylic acids is 1. The molecule has 0 saturated carbocycles. The van der Waals surface area contributed by atoms with Gasteiger partial charge in [0.2, 0.25) is 0 Å². The van der Waals surface area contributed by atoms with E-state index in [0.29, 0.717) is 5.56 Å². The number of rotatable bonds is 3. The van der Waals surface area contributed by atoms with Crippen molar-refractivity contribution in [1.29, 1.82) is 0 Å². The van der Waals surface area contributed by atoms with Gasteiger partial charge in [-0.05, 0) is 35.9 Å². The number of aromatic nitrogens is 2. The lowest BCUT2D eigenvalue weighted by Gasteiger charge is -2.18. The van der Waals surface area contributed by atoms with Gasteiger partial charge in [0, 0.05) is 35.8 Å². The molecule has 1 aliphatic heterocycles. The summed E-state index contributed by atoms with van der Waals surface area (Å²) in [6.07, 6.45) is 3.37. The Morgan fingerprint density at radius 3 is 2.54 bits per heavy atom. The minimum atomic E-state index is -0.867. The number of amides is 1. The van der Waals surface area contributed by atoms with Gasteiger partial charge in [0.25, 0.3) is 0 Å². The summed E-state index contributed by atoms with van der Waals surface area (Å²) in [4.78, 5) is 20.3. The maximum absolute atomic E-state index is 13.6. The maximum Gasteiger partial charge on any atom is 0.408 e. The van der Waals surface area contributed by atoms with Crippen molar-refractivity contribution in [2.24, 2.45) is 0 Å². The van der Waals surface area contributed by atoms with Gasteiger partial charge in [0.05, 0.1) is 5.69 Å². The third-order valence-corrected chi connectivity index (χ3v) is 4.10. The first-order valence-electron chi connectivity index (χ1n) is 7.89. The molecule has 0 aliphatic carbocycles. The predicted octanol–water partition coefficient (Wildman–Crippen LogP) is 3.94. The van der Waals surface area contributed by atoms with Crippen molar-refractivity contribution in [2.75, 3.05) is 0 Å². The van der Waals surface area contributed by atoms with Crippen LogP contribution in [0.15, 0.2) is 61.1 Å². The third kappa shape index (κ3) is 3.11. The summed E-state index contributed by atoms with van der Waals surface area (Å²) >= 11 is 0. The first kappa shape index (κ1) is 16.1. The molecule has 1 aromatic carbocycles. The Labute approximate surface area is 147 Å². The highest BCUT2D eigenvalue weighted by Gasteiger charge is 2.37. The molecule has 1 fully saturated rings. The number of pyridine rings is 2. The molecule has 1 aliphatic rings. The van der Waals surface area contributed by atoms with Gasteiger partial charge in [-0.15, -0.1) is 0 Å². The zero-order valence-electron chi connectivity index (χ0n) is 13.4. The summed E-state index contributed by atoms with van der Waals surface area (Å²) in [6.45, 7) is 0. The molecule has 0 spiro atoms. The summed E-state index contributed by atoms with van der Waals surface area (Å²) in [5.41, 5.74) is 2.36. The Balaban J connectivity index is 1.72. The van der Waals surface area contributed by atoms with Crippen LogP contribution in [0.2, 0.25) is 0 Å². The van der Waals surface area contributed by atoms with E-state index in [2.05, 4.69) is 15.3 Å². The van der Waals surface area contributed by atoms with Crippen molar-refractivity contribution >= 4 is 6.09 Å². The molecule has 5 nitrogen and oxygen atoms in total. The minimum Gasteiger partial charge on any atom is -0.439 e. The third-order valence-electron chi connectivity index (χ3n) is 4.10. The molecule has 1 amide bonds. The number of ether oxygens (including phenoxy) is 1. The molecule has 2 aromatic heterocycles. The molecule has 3 heterocycles. The number of cyclic esters (lactones) is 1. The van der Waals surface area contributed by atoms with Gasteiger partial charge in [0.15, 0.2) is 6.10 Å². The summed E-state index contributed by atoms with van der Waals surface area (Å²) in [5, 5.41) is 2.67. The first-order valence-corrected chi connectivity index (χ1v) is 7.89. The van der Waals surface area contributed by atoms with Crippen LogP contribution >= 0.6 is 0 Å². The quantitative estimate of drug-likeness (QED) is 0.775. The number of nitrogens with zero attached hydrogens (tertiary/aromatic N) is 2. The van der Waals surface area contributed by atoms with E-state index in [0.717, 1.165) is 29.5 Å². The van der Waals surface area contributed by atoms with E-state index in [-0.39, 0.29) is 5.56 Å². The Bertz CT molecular complexity index is 946. The Morgan fingerprint density at radius 1 is 1.00 bits per heavy atom. The van der Waals surface area contributed by atoms with Crippen LogP contribution < -0.4 is 5.32 Å². The summed E-state index contributed by atoms with van der Waals surface area (Å²) in [5.74, 6) is -1.47. The van der Waals surface area contributed by atoms with Crippen molar-refractivity contribution in [1.82, 2.24) is 15.3 Å². The van der Waals surface area contributed by atoms with Gasteiger partial charge in [-0.2, -0.15) is 0 Å². The van der Waals surface area contributed by atoms with E-state index in [1.807, 2.05) is 18.2 Å². The molecular weight excluding hydrogens is 340 g/mol. The Morgan fingerprint density at radius 2 is 1.81 bits per heavy atom. The van der Waals surface area contributed by atoms with Gasteiger partial charge in [-0.25, -0.2) is 13.6 Å². The fraction of sp³-hybridized carbons (Fsp3) is 0.105. The van der Waals surface area contributed by atoms with Crippen LogP contribution in [0, 0.1) is 11.6 Å². The normalized spacial score (nSPS) is 19.1. The molecule has 4 rings (SSSR count). The molecule has 0 bridgehead atoms. The van der Waals surface area contributed by atoms with E-state index in [1.54, 1.807) is 24.7 Å². The molecule has 0 unspecified atom stereocenters. The van der Waals surface area contributed by atoms with Crippen LogP contribution in [0.5, 0.6) is 0 Å². The minimum absolute atomic E-state index is 0.231. The molecule has 0 radical (unpaired) electrons. The number of carbonyl (C=O) groups is 1. The van der Waals surface area contributed by atoms with Crippen LogP contribution in [0.1, 0.15) is 23.3 Å². The van der Waals surface area contributed by atoms with E-state index >= 15 is 0 Å². The maximum atomic E-state index is 13.6. The topological polar surface area (TPSA) is 64.1 Å². The SMILES string of the molecule is O=C1N[C@H](c2cncc(-c3ccccn3)c2)[C@@H](c2cc(F)cc(F)c2)O1. The largest absolute Gasteiger partial charge is 0.439 e. The lowest BCUT2D eigenvalue weighted by molar-refractivity contribution is 0.132. The first-order chi connectivity index (χ1) is 12.6. The zero-order valence-corrected chi connectivity index (χ0v) is 13.4. The standard InChI is InChI=1S/C19H13F2N3O2/c20-14-6-11(7-15(21)8-14)18-17(24-19(25)26-18)13-5-12(9-22-10-13)16-3-1-2-4-23-16/h1-10,17-18H,(H,24,25)/t17-,18-/m1/s1. The monoisotopic (exact) mass is 353 g/mol. The van der Waals surface area contributed by atoms with E-state index in [1.165, 1.54) is 0 Å². The molecule has 7 heteroatoms. The number of nitrogens with one attached hydrogen (secondary N) is 1. The van der Waals surface area contributed by atoms with Crippen LogP contribution in [-0.2, 0) is 4.74 Å². The number of hydrogen-bond donors (Lipinski definition) is 1. The van der Waals surface area contributed by atoms with Gasteiger partial charge in [0.1, 0.15) is 17.7 Å². The van der Waals surface area contributed by atoms with Crippen molar-refractivity contribution in [3.05, 3.63) is 83.8 Å². The average Bonchev–Trinajstić information content (AvgIpc) is 3.04.